The first-order chi connectivity index (χ1) is 3.93. The van der Waals surface area contributed by atoms with Gasteiger partial charge in [0, 0.05) is 6.04 Å². The van der Waals surface area contributed by atoms with E-state index in [0.717, 1.165) is 12.6 Å². The Hall–Kier alpha value is -0.0800. The summed E-state index contributed by atoms with van der Waals surface area (Å²) in [6.07, 6.45) is 2.66. The summed E-state index contributed by atoms with van der Waals surface area (Å²) in [4.78, 5) is 0. The van der Waals surface area contributed by atoms with Crippen molar-refractivity contribution >= 4 is 0 Å². The maximum absolute atomic E-state index is 3.34. The molecule has 1 fully saturated rings. The summed E-state index contributed by atoms with van der Waals surface area (Å²) in [6.45, 7) is 2.38. The van der Waals surface area contributed by atoms with Crippen molar-refractivity contribution in [3.05, 3.63) is 0 Å². The first kappa shape index (κ1) is 6.05. The second-order valence-corrected chi connectivity index (χ2v) is 2.33. The molecule has 0 saturated carbocycles. The standard InChI is InChI=1S/C6H14N2/c1-7-4-2-6-3-5-8-6/h6-8H,2-5H2,1H3. The minimum absolute atomic E-state index is 0.822. The van der Waals surface area contributed by atoms with Crippen LogP contribution < -0.4 is 10.6 Å². The number of nitrogens with one attached hydrogen (secondary N) is 2. The summed E-state index contributed by atoms with van der Waals surface area (Å²) in [5, 5.41) is 6.47. The molecule has 0 bridgehead atoms. The van der Waals surface area contributed by atoms with Crippen molar-refractivity contribution in [1.29, 1.82) is 0 Å². The fraction of sp³-hybridized carbons (Fsp3) is 1.00. The third-order valence-electron chi connectivity index (χ3n) is 1.67. The maximum Gasteiger partial charge on any atom is 0.00912 e. The molecular weight excluding hydrogens is 100 g/mol. The quantitative estimate of drug-likeness (QED) is 0.538. The van der Waals surface area contributed by atoms with E-state index >= 15 is 0 Å². The smallest absolute Gasteiger partial charge is 0.00912 e. The Morgan fingerprint density at radius 2 is 2.50 bits per heavy atom. The maximum atomic E-state index is 3.34. The first-order valence-corrected chi connectivity index (χ1v) is 3.31. The van der Waals surface area contributed by atoms with Gasteiger partial charge in [-0.05, 0) is 33.0 Å². The van der Waals surface area contributed by atoms with Crippen LogP contribution in [-0.2, 0) is 0 Å². The van der Waals surface area contributed by atoms with Crippen LogP contribution in [0.15, 0.2) is 0 Å². The van der Waals surface area contributed by atoms with E-state index < -0.39 is 0 Å². The van der Waals surface area contributed by atoms with Crippen LogP contribution in [-0.4, -0.2) is 26.2 Å². The van der Waals surface area contributed by atoms with Gasteiger partial charge >= 0.3 is 0 Å². The molecule has 0 aromatic carbocycles. The zero-order valence-corrected chi connectivity index (χ0v) is 5.41. The van der Waals surface area contributed by atoms with Crippen molar-refractivity contribution in [3.8, 4) is 0 Å². The highest BCUT2D eigenvalue weighted by Gasteiger charge is 2.14. The van der Waals surface area contributed by atoms with Gasteiger partial charge in [0.15, 0.2) is 0 Å². The normalized spacial score (nSPS) is 27.4. The Morgan fingerprint density at radius 1 is 1.75 bits per heavy atom. The van der Waals surface area contributed by atoms with E-state index in [0.29, 0.717) is 0 Å². The van der Waals surface area contributed by atoms with Crippen molar-refractivity contribution < 1.29 is 0 Å². The molecule has 8 heavy (non-hydrogen) atoms. The molecule has 1 heterocycles. The van der Waals surface area contributed by atoms with E-state index in [-0.39, 0.29) is 0 Å². The van der Waals surface area contributed by atoms with E-state index in [4.69, 9.17) is 0 Å². The third-order valence-corrected chi connectivity index (χ3v) is 1.67. The predicted molar refractivity (Wildman–Crippen MR) is 35.0 cm³/mol. The minimum Gasteiger partial charge on any atom is -0.320 e. The van der Waals surface area contributed by atoms with Gasteiger partial charge in [-0.3, -0.25) is 0 Å². The van der Waals surface area contributed by atoms with Gasteiger partial charge in [-0.2, -0.15) is 0 Å². The zero-order chi connectivity index (χ0) is 5.82. The van der Waals surface area contributed by atoms with Crippen molar-refractivity contribution in [1.82, 2.24) is 10.6 Å². The lowest BCUT2D eigenvalue weighted by Crippen LogP contribution is -2.44. The van der Waals surface area contributed by atoms with Gasteiger partial charge in [0.2, 0.25) is 0 Å². The molecule has 0 aliphatic carbocycles. The van der Waals surface area contributed by atoms with Crippen LogP contribution in [0.1, 0.15) is 12.8 Å². The van der Waals surface area contributed by atoms with E-state index in [9.17, 15) is 0 Å². The summed E-state index contributed by atoms with van der Waals surface area (Å²) < 4.78 is 0. The molecule has 0 aromatic rings. The molecule has 1 aliphatic heterocycles. The SMILES string of the molecule is CNCCC1CCN1. The summed E-state index contributed by atoms with van der Waals surface area (Å²) in [5.41, 5.74) is 0. The average Bonchev–Trinajstić information content (AvgIpc) is 1.63. The predicted octanol–water partition coefficient (Wildman–Crippen LogP) is -0.0422. The Labute approximate surface area is 50.7 Å². The molecule has 48 valence electrons. The van der Waals surface area contributed by atoms with Gasteiger partial charge in [0.1, 0.15) is 0 Å². The molecule has 1 unspecified atom stereocenters. The molecule has 0 radical (unpaired) electrons. The van der Waals surface area contributed by atoms with Gasteiger partial charge in [0.25, 0.3) is 0 Å². The van der Waals surface area contributed by atoms with Crippen LogP contribution in [0.5, 0.6) is 0 Å². The second-order valence-electron chi connectivity index (χ2n) is 2.33. The van der Waals surface area contributed by atoms with E-state index in [1.165, 1.54) is 19.4 Å². The Morgan fingerprint density at radius 3 is 2.88 bits per heavy atom. The lowest BCUT2D eigenvalue weighted by atomic mass is 10.0. The van der Waals surface area contributed by atoms with Crippen molar-refractivity contribution in [3.63, 3.8) is 0 Å². The van der Waals surface area contributed by atoms with E-state index in [1.807, 2.05) is 7.05 Å². The molecule has 2 heteroatoms. The first-order valence-electron chi connectivity index (χ1n) is 3.31. The number of rotatable bonds is 3. The number of hydrogen-bond acceptors (Lipinski definition) is 2. The zero-order valence-electron chi connectivity index (χ0n) is 5.41. The minimum atomic E-state index is 0.822. The summed E-state index contributed by atoms with van der Waals surface area (Å²) >= 11 is 0. The largest absolute Gasteiger partial charge is 0.320 e. The lowest BCUT2D eigenvalue weighted by Gasteiger charge is -2.27. The van der Waals surface area contributed by atoms with Gasteiger partial charge in [0.05, 0.1) is 0 Å². The summed E-state index contributed by atoms with van der Waals surface area (Å²) in [5.74, 6) is 0. The number of hydrogen-bond donors (Lipinski definition) is 2. The molecular formula is C6H14N2. The van der Waals surface area contributed by atoms with Crippen LogP contribution in [0.4, 0.5) is 0 Å². The highest BCUT2D eigenvalue weighted by Crippen LogP contribution is 2.04. The third kappa shape index (κ3) is 1.46. The van der Waals surface area contributed by atoms with Crippen LogP contribution in [0, 0.1) is 0 Å². The fourth-order valence-corrected chi connectivity index (χ4v) is 0.913. The Bertz CT molecular complexity index is 59.5. The highest BCUT2D eigenvalue weighted by molar-refractivity contribution is 4.77. The fourth-order valence-electron chi connectivity index (χ4n) is 0.913. The Kier molecular flexibility index (Phi) is 2.30. The molecule has 0 spiro atoms. The lowest BCUT2D eigenvalue weighted by molar-refractivity contribution is 0.348. The van der Waals surface area contributed by atoms with Crippen LogP contribution in [0.3, 0.4) is 0 Å². The molecule has 1 rings (SSSR count). The van der Waals surface area contributed by atoms with Crippen molar-refractivity contribution in [2.75, 3.05) is 20.1 Å². The van der Waals surface area contributed by atoms with E-state index in [1.54, 1.807) is 0 Å². The van der Waals surface area contributed by atoms with Crippen LogP contribution >= 0.6 is 0 Å². The van der Waals surface area contributed by atoms with Crippen LogP contribution in [0.25, 0.3) is 0 Å². The monoisotopic (exact) mass is 114 g/mol. The molecule has 2 nitrogen and oxygen atoms in total. The molecule has 0 aromatic heterocycles. The average molecular weight is 114 g/mol. The Balaban J connectivity index is 1.86. The highest BCUT2D eigenvalue weighted by atomic mass is 15.0. The molecule has 1 atom stereocenters. The van der Waals surface area contributed by atoms with E-state index in [2.05, 4.69) is 10.6 Å². The van der Waals surface area contributed by atoms with Crippen molar-refractivity contribution in [2.45, 2.75) is 18.9 Å². The molecule has 1 aliphatic rings. The van der Waals surface area contributed by atoms with Crippen LogP contribution in [0.2, 0.25) is 0 Å². The molecule has 1 saturated heterocycles. The molecule has 2 N–H and O–H groups in total. The topological polar surface area (TPSA) is 24.1 Å². The summed E-state index contributed by atoms with van der Waals surface area (Å²) in [7, 11) is 2.00. The van der Waals surface area contributed by atoms with Gasteiger partial charge in [-0.25, -0.2) is 0 Å². The van der Waals surface area contributed by atoms with Gasteiger partial charge in [-0.15, -0.1) is 0 Å². The summed E-state index contributed by atoms with van der Waals surface area (Å²) in [6, 6.07) is 0.822. The van der Waals surface area contributed by atoms with Gasteiger partial charge in [-0.1, -0.05) is 0 Å². The van der Waals surface area contributed by atoms with Crippen molar-refractivity contribution in [2.24, 2.45) is 0 Å². The molecule has 0 amide bonds. The van der Waals surface area contributed by atoms with Gasteiger partial charge < -0.3 is 10.6 Å². The second kappa shape index (κ2) is 3.05.